The Labute approximate surface area is 127 Å². The van der Waals surface area contributed by atoms with Gasteiger partial charge in [-0.1, -0.05) is 50.2 Å². The zero-order valence-corrected chi connectivity index (χ0v) is 13.2. The lowest BCUT2D eigenvalue weighted by Crippen LogP contribution is -2.46. The third kappa shape index (κ3) is 2.29. The Kier molecular flexibility index (Phi) is 3.40. The van der Waals surface area contributed by atoms with E-state index in [1.54, 1.807) is 0 Å². The summed E-state index contributed by atoms with van der Waals surface area (Å²) in [6, 6.07) is 19.1. The largest absolute Gasteiger partial charge is 0.471 e. The summed E-state index contributed by atoms with van der Waals surface area (Å²) in [6.07, 6.45) is 0.00493. The number of anilines is 1. The van der Waals surface area contributed by atoms with E-state index >= 15 is 0 Å². The van der Waals surface area contributed by atoms with Crippen molar-refractivity contribution in [2.75, 3.05) is 4.90 Å². The third-order valence-corrected chi connectivity index (χ3v) is 4.78. The van der Waals surface area contributed by atoms with Gasteiger partial charge in [0.05, 0.1) is 0 Å². The molecule has 0 bridgehead atoms. The number of fused-ring (bicyclic) bond motifs is 1. The second kappa shape index (κ2) is 5.10. The SMILES string of the molecule is CC(Oc1ccccc1)N1c2ccccc2C(C)(C)C1C. The molecule has 1 heterocycles. The molecule has 1 aliphatic heterocycles. The van der Waals surface area contributed by atoms with Gasteiger partial charge in [0.1, 0.15) is 5.75 Å². The average molecular weight is 281 g/mol. The van der Waals surface area contributed by atoms with Crippen molar-refractivity contribution in [2.45, 2.75) is 45.4 Å². The van der Waals surface area contributed by atoms with Gasteiger partial charge in [0, 0.05) is 17.1 Å². The molecule has 0 N–H and O–H groups in total. The Hall–Kier alpha value is -1.96. The first-order valence-corrected chi connectivity index (χ1v) is 7.61. The zero-order chi connectivity index (χ0) is 15.0. The summed E-state index contributed by atoms with van der Waals surface area (Å²) >= 11 is 0. The molecule has 0 spiro atoms. The zero-order valence-electron chi connectivity index (χ0n) is 13.2. The van der Waals surface area contributed by atoms with Crippen molar-refractivity contribution in [1.82, 2.24) is 0 Å². The van der Waals surface area contributed by atoms with Gasteiger partial charge in [0.2, 0.25) is 0 Å². The van der Waals surface area contributed by atoms with Crippen LogP contribution in [0.4, 0.5) is 5.69 Å². The summed E-state index contributed by atoms with van der Waals surface area (Å²) in [7, 11) is 0. The summed E-state index contributed by atoms with van der Waals surface area (Å²) < 4.78 is 6.14. The monoisotopic (exact) mass is 281 g/mol. The van der Waals surface area contributed by atoms with Crippen LogP contribution in [0.3, 0.4) is 0 Å². The lowest BCUT2D eigenvalue weighted by molar-refractivity contribution is 0.197. The van der Waals surface area contributed by atoms with Gasteiger partial charge in [-0.25, -0.2) is 0 Å². The van der Waals surface area contributed by atoms with Gasteiger partial charge >= 0.3 is 0 Å². The molecule has 2 aromatic rings. The summed E-state index contributed by atoms with van der Waals surface area (Å²) in [4.78, 5) is 2.39. The fourth-order valence-electron chi connectivity index (χ4n) is 3.29. The molecule has 0 aliphatic carbocycles. The van der Waals surface area contributed by atoms with Crippen LogP contribution in [0.15, 0.2) is 54.6 Å². The quantitative estimate of drug-likeness (QED) is 0.815. The van der Waals surface area contributed by atoms with E-state index in [-0.39, 0.29) is 11.6 Å². The van der Waals surface area contributed by atoms with Gasteiger partial charge in [-0.2, -0.15) is 0 Å². The molecule has 2 heteroatoms. The van der Waals surface area contributed by atoms with E-state index in [0.29, 0.717) is 6.04 Å². The number of rotatable bonds is 3. The summed E-state index contributed by atoms with van der Waals surface area (Å²) in [5.74, 6) is 0.916. The van der Waals surface area contributed by atoms with Crippen LogP contribution in [-0.4, -0.2) is 12.3 Å². The highest BCUT2D eigenvalue weighted by Crippen LogP contribution is 2.45. The maximum absolute atomic E-state index is 6.14. The molecular weight excluding hydrogens is 258 g/mol. The summed E-state index contributed by atoms with van der Waals surface area (Å²) in [6.45, 7) is 9.03. The molecule has 0 saturated carbocycles. The fraction of sp³-hybridized carbons (Fsp3) is 0.368. The Morgan fingerprint density at radius 3 is 2.33 bits per heavy atom. The van der Waals surface area contributed by atoms with E-state index in [0.717, 1.165) is 5.75 Å². The molecule has 3 rings (SSSR count). The highest BCUT2D eigenvalue weighted by atomic mass is 16.5. The molecule has 2 unspecified atom stereocenters. The van der Waals surface area contributed by atoms with Crippen LogP contribution in [-0.2, 0) is 5.41 Å². The number of hydrogen-bond donors (Lipinski definition) is 0. The predicted octanol–water partition coefficient (Wildman–Crippen LogP) is 4.60. The van der Waals surface area contributed by atoms with Gasteiger partial charge in [-0.3, -0.25) is 0 Å². The van der Waals surface area contributed by atoms with Gasteiger partial charge < -0.3 is 9.64 Å². The van der Waals surface area contributed by atoms with E-state index in [1.165, 1.54) is 11.3 Å². The van der Waals surface area contributed by atoms with E-state index in [4.69, 9.17) is 4.74 Å². The van der Waals surface area contributed by atoms with Gasteiger partial charge in [-0.15, -0.1) is 0 Å². The molecule has 0 saturated heterocycles. The first-order chi connectivity index (χ1) is 10.0. The van der Waals surface area contributed by atoms with Crippen LogP contribution in [0.2, 0.25) is 0 Å². The van der Waals surface area contributed by atoms with E-state index in [1.807, 2.05) is 30.3 Å². The van der Waals surface area contributed by atoms with E-state index in [9.17, 15) is 0 Å². The van der Waals surface area contributed by atoms with Crippen LogP contribution in [0, 0.1) is 0 Å². The molecule has 1 aliphatic rings. The van der Waals surface area contributed by atoms with Crippen LogP contribution < -0.4 is 9.64 Å². The van der Waals surface area contributed by atoms with Gasteiger partial charge in [0.15, 0.2) is 6.23 Å². The summed E-state index contributed by atoms with van der Waals surface area (Å²) in [5, 5.41) is 0. The van der Waals surface area contributed by atoms with Crippen LogP contribution >= 0.6 is 0 Å². The van der Waals surface area contributed by atoms with E-state index < -0.39 is 0 Å². The van der Waals surface area contributed by atoms with Crippen molar-refractivity contribution in [3.8, 4) is 5.75 Å². The molecule has 21 heavy (non-hydrogen) atoms. The summed E-state index contributed by atoms with van der Waals surface area (Å²) in [5.41, 5.74) is 2.82. The lowest BCUT2D eigenvalue weighted by atomic mass is 9.81. The minimum atomic E-state index is 0.00493. The number of para-hydroxylation sites is 2. The number of nitrogens with zero attached hydrogens (tertiary/aromatic N) is 1. The first kappa shape index (κ1) is 14.0. The molecule has 0 radical (unpaired) electrons. The van der Waals surface area contributed by atoms with Crippen molar-refractivity contribution in [3.05, 3.63) is 60.2 Å². The Morgan fingerprint density at radius 2 is 1.62 bits per heavy atom. The van der Waals surface area contributed by atoms with Gasteiger partial charge in [0.25, 0.3) is 0 Å². The van der Waals surface area contributed by atoms with Crippen molar-refractivity contribution < 1.29 is 4.74 Å². The molecule has 0 amide bonds. The second-order valence-corrected chi connectivity index (χ2v) is 6.35. The molecular formula is C19H23NO. The highest BCUT2D eigenvalue weighted by Gasteiger charge is 2.43. The average Bonchev–Trinajstić information content (AvgIpc) is 2.68. The minimum absolute atomic E-state index is 0.00493. The molecule has 0 aromatic heterocycles. The smallest absolute Gasteiger partial charge is 0.169 e. The maximum atomic E-state index is 6.14. The molecule has 2 nitrogen and oxygen atoms in total. The fourth-order valence-corrected chi connectivity index (χ4v) is 3.29. The van der Waals surface area contributed by atoms with Crippen LogP contribution in [0.1, 0.15) is 33.3 Å². The molecule has 110 valence electrons. The number of hydrogen-bond acceptors (Lipinski definition) is 2. The Balaban J connectivity index is 1.92. The minimum Gasteiger partial charge on any atom is -0.471 e. The standard InChI is InChI=1S/C19H23NO/c1-14-19(3,4)17-12-8-9-13-18(17)20(14)15(2)21-16-10-6-5-7-11-16/h5-15H,1-4H3. The van der Waals surface area contributed by atoms with Crippen LogP contribution in [0.25, 0.3) is 0 Å². The maximum Gasteiger partial charge on any atom is 0.169 e. The van der Waals surface area contributed by atoms with Crippen molar-refractivity contribution in [1.29, 1.82) is 0 Å². The Bertz CT molecular complexity index is 620. The van der Waals surface area contributed by atoms with Crippen molar-refractivity contribution >= 4 is 5.69 Å². The predicted molar refractivity (Wildman–Crippen MR) is 87.9 cm³/mol. The third-order valence-electron chi connectivity index (χ3n) is 4.78. The topological polar surface area (TPSA) is 12.5 Å². The molecule has 2 aromatic carbocycles. The van der Waals surface area contributed by atoms with Crippen molar-refractivity contribution in [2.24, 2.45) is 0 Å². The van der Waals surface area contributed by atoms with Crippen LogP contribution in [0.5, 0.6) is 5.75 Å². The first-order valence-electron chi connectivity index (χ1n) is 7.61. The molecule has 2 atom stereocenters. The normalized spacial score (nSPS) is 21.0. The number of ether oxygens (including phenoxy) is 1. The molecule has 0 fully saturated rings. The second-order valence-electron chi connectivity index (χ2n) is 6.35. The Morgan fingerprint density at radius 1 is 1.00 bits per heavy atom. The number of benzene rings is 2. The van der Waals surface area contributed by atoms with E-state index in [2.05, 4.69) is 56.9 Å². The highest BCUT2D eigenvalue weighted by molar-refractivity contribution is 5.64. The van der Waals surface area contributed by atoms with Crippen molar-refractivity contribution in [3.63, 3.8) is 0 Å². The lowest BCUT2D eigenvalue weighted by Gasteiger charge is -2.35. The van der Waals surface area contributed by atoms with Gasteiger partial charge in [-0.05, 0) is 37.6 Å².